The Labute approximate surface area is 193 Å². The van der Waals surface area contributed by atoms with Gasteiger partial charge >= 0.3 is 5.97 Å². The summed E-state index contributed by atoms with van der Waals surface area (Å²) in [4.78, 5) is 36.5. The van der Waals surface area contributed by atoms with Crippen molar-refractivity contribution < 1.29 is 27.9 Å². The summed E-state index contributed by atoms with van der Waals surface area (Å²) in [5.41, 5.74) is 0. The van der Waals surface area contributed by atoms with Gasteiger partial charge in [0.05, 0.1) is 4.90 Å². The van der Waals surface area contributed by atoms with Gasteiger partial charge in [-0.25, -0.2) is 13.2 Å². The molecule has 0 saturated carbocycles. The molecule has 33 heavy (non-hydrogen) atoms. The van der Waals surface area contributed by atoms with Crippen molar-refractivity contribution in [3.8, 4) is 0 Å². The second-order valence-electron chi connectivity index (χ2n) is 8.72. The van der Waals surface area contributed by atoms with Gasteiger partial charge in [0.2, 0.25) is 21.8 Å². The highest BCUT2D eigenvalue weighted by atomic mass is 32.2. The van der Waals surface area contributed by atoms with Gasteiger partial charge in [-0.05, 0) is 48.1 Å². The van der Waals surface area contributed by atoms with Crippen molar-refractivity contribution in [2.24, 2.45) is 11.8 Å². The van der Waals surface area contributed by atoms with Crippen LogP contribution in [0.1, 0.15) is 33.1 Å². The third-order valence-electron chi connectivity index (χ3n) is 5.65. The summed E-state index contributed by atoms with van der Waals surface area (Å²) in [5.74, 6) is -2.80. The van der Waals surface area contributed by atoms with Crippen LogP contribution in [-0.4, -0.2) is 49.9 Å². The smallest absolute Gasteiger partial charge is 0.326 e. The average Bonchev–Trinajstić information content (AvgIpc) is 3.16. The number of aliphatic carboxylic acids is 1. The molecular formula is C23H29N3O6S. The molecule has 178 valence electrons. The SMILES string of the molecule is CC(C)CC(NS(=O)(=O)c1ccc2ccccc2c1)C(=O)NC(C[C@@H]1CCNC1=O)C(=O)O. The van der Waals surface area contributed by atoms with Crippen LogP contribution in [-0.2, 0) is 24.4 Å². The molecule has 1 saturated heterocycles. The average molecular weight is 476 g/mol. The number of carboxylic acids is 1. The lowest BCUT2D eigenvalue weighted by molar-refractivity contribution is -0.142. The van der Waals surface area contributed by atoms with E-state index in [0.717, 1.165) is 10.8 Å². The van der Waals surface area contributed by atoms with E-state index in [1.807, 2.05) is 26.0 Å². The number of amides is 2. The maximum atomic E-state index is 13.1. The highest BCUT2D eigenvalue weighted by Gasteiger charge is 2.34. The molecule has 10 heteroatoms. The molecule has 0 aromatic heterocycles. The van der Waals surface area contributed by atoms with Gasteiger partial charge in [0.25, 0.3) is 0 Å². The lowest BCUT2D eigenvalue weighted by Crippen LogP contribution is -2.52. The van der Waals surface area contributed by atoms with Gasteiger partial charge in [0.15, 0.2) is 0 Å². The Hall–Kier alpha value is -2.98. The van der Waals surface area contributed by atoms with Crippen LogP contribution in [0.15, 0.2) is 47.4 Å². The number of carbonyl (C=O) groups is 3. The largest absolute Gasteiger partial charge is 0.480 e. The van der Waals surface area contributed by atoms with Gasteiger partial charge in [-0.3, -0.25) is 9.59 Å². The van der Waals surface area contributed by atoms with Crippen molar-refractivity contribution in [2.75, 3.05) is 6.54 Å². The Morgan fingerprint density at radius 1 is 1.12 bits per heavy atom. The first-order chi connectivity index (χ1) is 15.6. The fraction of sp³-hybridized carbons (Fsp3) is 0.435. The number of fused-ring (bicyclic) bond motifs is 1. The number of carboxylic acid groups (broad SMARTS) is 1. The summed E-state index contributed by atoms with van der Waals surface area (Å²) in [6, 6.07) is 9.53. The molecule has 9 nitrogen and oxygen atoms in total. The zero-order valence-electron chi connectivity index (χ0n) is 18.6. The van der Waals surface area contributed by atoms with E-state index in [-0.39, 0.29) is 29.6 Å². The Kier molecular flexibility index (Phi) is 7.70. The molecule has 0 bridgehead atoms. The molecule has 1 fully saturated rings. The van der Waals surface area contributed by atoms with E-state index < -0.39 is 39.9 Å². The maximum absolute atomic E-state index is 13.1. The summed E-state index contributed by atoms with van der Waals surface area (Å²) in [6.07, 6.45) is 0.607. The van der Waals surface area contributed by atoms with Crippen molar-refractivity contribution in [3.63, 3.8) is 0 Å². The highest BCUT2D eigenvalue weighted by molar-refractivity contribution is 7.89. The van der Waals surface area contributed by atoms with Crippen molar-refractivity contribution in [1.82, 2.24) is 15.4 Å². The van der Waals surface area contributed by atoms with E-state index in [1.165, 1.54) is 12.1 Å². The highest BCUT2D eigenvalue weighted by Crippen LogP contribution is 2.20. The van der Waals surface area contributed by atoms with E-state index in [1.54, 1.807) is 18.2 Å². The normalized spacial score (nSPS) is 18.2. The van der Waals surface area contributed by atoms with Crippen LogP contribution in [0.25, 0.3) is 10.8 Å². The molecule has 2 aromatic carbocycles. The van der Waals surface area contributed by atoms with Crippen LogP contribution in [0.5, 0.6) is 0 Å². The van der Waals surface area contributed by atoms with Crippen LogP contribution >= 0.6 is 0 Å². The number of rotatable bonds is 10. The predicted molar refractivity (Wildman–Crippen MR) is 123 cm³/mol. The van der Waals surface area contributed by atoms with Crippen molar-refractivity contribution in [2.45, 2.75) is 50.1 Å². The molecule has 3 rings (SSSR count). The number of carbonyl (C=O) groups excluding carboxylic acids is 2. The molecule has 2 aromatic rings. The van der Waals surface area contributed by atoms with Crippen molar-refractivity contribution in [1.29, 1.82) is 0 Å². The van der Waals surface area contributed by atoms with Gasteiger partial charge in [0.1, 0.15) is 12.1 Å². The summed E-state index contributed by atoms with van der Waals surface area (Å²) in [6.45, 7) is 4.13. The van der Waals surface area contributed by atoms with Gasteiger partial charge in [-0.1, -0.05) is 44.2 Å². The Bertz CT molecular complexity index is 1150. The van der Waals surface area contributed by atoms with Crippen LogP contribution in [0.3, 0.4) is 0 Å². The van der Waals surface area contributed by atoms with E-state index in [2.05, 4.69) is 15.4 Å². The number of nitrogens with one attached hydrogen (secondary N) is 3. The van der Waals surface area contributed by atoms with Crippen LogP contribution in [0.4, 0.5) is 0 Å². The Balaban J connectivity index is 1.78. The van der Waals surface area contributed by atoms with Crippen LogP contribution < -0.4 is 15.4 Å². The second-order valence-corrected chi connectivity index (χ2v) is 10.4. The molecule has 1 aliphatic heterocycles. The maximum Gasteiger partial charge on any atom is 0.326 e. The third-order valence-corrected chi connectivity index (χ3v) is 7.12. The summed E-state index contributed by atoms with van der Waals surface area (Å²) >= 11 is 0. The second kappa shape index (κ2) is 10.3. The number of hydrogen-bond donors (Lipinski definition) is 4. The molecule has 1 heterocycles. The molecule has 3 atom stereocenters. The first-order valence-corrected chi connectivity index (χ1v) is 12.4. The first kappa shape index (κ1) is 24.7. The van der Waals surface area contributed by atoms with E-state index in [9.17, 15) is 27.9 Å². The van der Waals surface area contributed by atoms with Gasteiger partial charge in [-0.15, -0.1) is 0 Å². The molecule has 0 radical (unpaired) electrons. The molecule has 2 amide bonds. The zero-order valence-corrected chi connectivity index (χ0v) is 19.4. The molecule has 2 unspecified atom stereocenters. The quantitative estimate of drug-likeness (QED) is 0.411. The van der Waals surface area contributed by atoms with Crippen molar-refractivity contribution in [3.05, 3.63) is 42.5 Å². The fourth-order valence-electron chi connectivity index (χ4n) is 3.92. The topological polar surface area (TPSA) is 142 Å². The Morgan fingerprint density at radius 3 is 2.42 bits per heavy atom. The van der Waals surface area contributed by atoms with Gasteiger partial charge in [0, 0.05) is 12.5 Å². The number of hydrogen-bond acceptors (Lipinski definition) is 5. The standard InChI is InChI=1S/C23H29N3O6S/c1-14(2)11-19(22(28)25-20(23(29)30)13-17-9-10-24-21(17)27)26-33(31,32)18-8-7-15-5-3-4-6-16(15)12-18/h3-8,12,14,17,19-20,26H,9-11,13H2,1-2H3,(H,24,27)(H,25,28)(H,29,30)/t17-,19?,20?/m0/s1. The number of benzene rings is 2. The molecule has 0 spiro atoms. The lowest BCUT2D eigenvalue weighted by Gasteiger charge is -2.23. The van der Waals surface area contributed by atoms with E-state index in [0.29, 0.717) is 13.0 Å². The molecule has 4 N–H and O–H groups in total. The van der Waals surface area contributed by atoms with Gasteiger partial charge in [-0.2, -0.15) is 4.72 Å². The third kappa shape index (κ3) is 6.29. The van der Waals surface area contributed by atoms with E-state index >= 15 is 0 Å². The van der Waals surface area contributed by atoms with Crippen molar-refractivity contribution >= 4 is 38.6 Å². The summed E-state index contributed by atoms with van der Waals surface area (Å²) < 4.78 is 28.5. The minimum absolute atomic E-state index is 0.0140. The predicted octanol–water partition coefficient (Wildman–Crippen LogP) is 1.63. The first-order valence-electron chi connectivity index (χ1n) is 10.9. The van der Waals surface area contributed by atoms with E-state index in [4.69, 9.17) is 0 Å². The van der Waals surface area contributed by atoms with Crippen LogP contribution in [0, 0.1) is 11.8 Å². The summed E-state index contributed by atoms with van der Waals surface area (Å²) in [7, 11) is -4.05. The molecule has 0 aliphatic carbocycles. The monoisotopic (exact) mass is 475 g/mol. The molecule has 1 aliphatic rings. The lowest BCUT2D eigenvalue weighted by atomic mass is 9.97. The minimum atomic E-state index is -4.05. The Morgan fingerprint density at radius 2 is 1.82 bits per heavy atom. The fourth-order valence-corrected chi connectivity index (χ4v) is 5.16. The van der Waals surface area contributed by atoms with Gasteiger partial charge < -0.3 is 15.7 Å². The minimum Gasteiger partial charge on any atom is -0.480 e. The summed E-state index contributed by atoms with van der Waals surface area (Å²) in [5, 5.41) is 16.3. The molecular weight excluding hydrogens is 446 g/mol. The van der Waals surface area contributed by atoms with Crippen LogP contribution in [0.2, 0.25) is 0 Å². The zero-order chi connectivity index (χ0) is 24.2. The number of sulfonamides is 1.